The Labute approximate surface area is 160 Å². The summed E-state index contributed by atoms with van der Waals surface area (Å²) in [6.07, 6.45) is 0. The molecule has 2 aromatic rings. The van der Waals surface area contributed by atoms with Gasteiger partial charge in [-0.05, 0) is 29.4 Å². The number of nitrogens with one attached hydrogen (secondary N) is 2. The standard InChI is InChI=1S/C14H17Cl2N5O3.ClH/c1-2-23-12-8(5-9(15)6-10(12)16)7-18-3-4-19-14(22)11-13(17)21-24-20-11;/h5-6,18H,2-4,7H2,1H3,(H2,17,21)(H,19,22);1H. The van der Waals surface area contributed by atoms with Gasteiger partial charge in [0.2, 0.25) is 11.5 Å². The number of rotatable bonds is 8. The molecule has 25 heavy (non-hydrogen) atoms. The maximum Gasteiger partial charge on any atom is 0.277 e. The van der Waals surface area contributed by atoms with Crippen molar-refractivity contribution in [2.45, 2.75) is 13.5 Å². The van der Waals surface area contributed by atoms with Crippen molar-refractivity contribution < 1.29 is 14.2 Å². The number of hydrogen-bond donors (Lipinski definition) is 3. The van der Waals surface area contributed by atoms with Crippen LogP contribution in [-0.4, -0.2) is 35.9 Å². The van der Waals surface area contributed by atoms with Crippen molar-refractivity contribution in [3.63, 3.8) is 0 Å². The first-order chi connectivity index (χ1) is 11.5. The van der Waals surface area contributed by atoms with Crippen LogP contribution in [0.5, 0.6) is 5.75 Å². The van der Waals surface area contributed by atoms with Crippen molar-refractivity contribution in [1.82, 2.24) is 20.9 Å². The largest absolute Gasteiger partial charge is 0.492 e. The molecule has 2 rings (SSSR count). The van der Waals surface area contributed by atoms with Crippen LogP contribution in [0, 0.1) is 0 Å². The van der Waals surface area contributed by atoms with Gasteiger partial charge in [-0.2, -0.15) is 0 Å². The highest BCUT2D eigenvalue weighted by Crippen LogP contribution is 2.32. The molecule has 1 aromatic carbocycles. The number of carbonyl (C=O) groups excluding carboxylic acids is 1. The Hall–Kier alpha value is -1.74. The van der Waals surface area contributed by atoms with Gasteiger partial charge in [-0.15, -0.1) is 12.4 Å². The molecule has 1 heterocycles. The molecule has 4 N–H and O–H groups in total. The lowest BCUT2D eigenvalue weighted by atomic mass is 10.2. The first kappa shape index (κ1) is 21.3. The zero-order chi connectivity index (χ0) is 17.5. The molecular weight excluding hydrogens is 393 g/mol. The van der Waals surface area contributed by atoms with Gasteiger partial charge >= 0.3 is 0 Å². The molecule has 0 radical (unpaired) electrons. The van der Waals surface area contributed by atoms with Gasteiger partial charge in [0.25, 0.3) is 5.91 Å². The Morgan fingerprint density at radius 2 is 2.08 bits per heavy atom. The van der Waals surface area contributed by atoms with Gasteiger partial charge in [-0.25, -0.2) is 4.63 Å². The molecule has 0 atom stereocenters. The van der Waals surface area contributed by atoms with E-state index in [1.54, 1.807) is 12.1 Å². The summed E-state index contributed by atoms with van der Waals surface area (Å²) in [4.78, 5) is 11.8. The van der Waals surface area contributed by atoms with E-state index < -0.39 is 5.91 Å². The fourth-order valence-electron chi connectivity index (χ4n) is 1.98. The first-order valence-corrected chi connectivity index (χ1v) is 7.96. The smallest absolute Gasteiger partial charge is 0.277 e. The number of nitrogens with zero attached hydrogens (tertiary/aromatic N) is 2. The Balaban J connectivity index is 0.00000312. The van der Waals surface area contributed by atoms with Gasteiger partial charge in [0, 0.05) is 30.2 Å². The lowest BCUT2D eigenvalue weighted by molar-refractivity contribution is 0.0944. The van der Waals surface area contributed by atoms with Gasteiger partial charge in [-0.1, -0.05) is 23.2 Å². The predicted octanol–water partition coefficient (Wildman–Crippen LogP) is 2.30. The van der Waals surface area contributed by atoms with Crippen LogP contribution < -0.4 is 21.1 Å². The van der Waals surface area contributed by atoms with E-state index in [1.807, 2.05) is 6.92 Å². The minimum absolute atomic E-state index is 0. The van der Waals surface area contributed by atoms with Crippen molar-refractivity contribution in [3.8, 4) is 5.75 Å². The minimum atomic E-state index is -0.448. The van der Waals surface area contributed by atoms with Crippen LogP contribution in [0.4, 0.5) is 5.82 Å². The van der Waals surface area contributed by atoms with Crippen LogP contribution in [0.2, 0.25) is 10.0 Å². The van der Waals surface area contributed by atoms with Crippen molar-refractivity contribution in [1.29, 1.82) is 0 Å². The summed E-state index contributed by atoms with van der Waals surface area (Å²) in [5.74, 6) is 0.105. The first-order valence-electron chi connectivity index (χ1n) is 7.20. The third-order valence-electron chi connectivity index (χ3n) is 3.01. The summed E-state index contributed by atoms with van der Waals surface area (Å²) in [6, 6.07) is 3.42. The van der Waals surface area contributed by atoms with Crippen LogP contribution in [0.15, 0.2) is 16.8 Å². The molecule has 0 bridgehead atoms. The molecule has 0 aliphatic heterocycles. The molecule has 0 saturated heterocycles. The summed E-state index contributed by atoms with van der Waals surface area (Å²) in [6.45, 7) is 3.73. The normalized spacial score (nSPS) is 10.2. The van der Waals surface area contributed by atoms with E-state index in [2.05, 4.69) is 25.6 Å². The molecule has 0 saturated carbocycles. The van der Waals surface area contributed by atoms with E-state index in [-0.39, 0.29) is 23.9 Å². The van der Waals surface area contributed by atoms with Crippen LogP contribution in [0.1, 0.15) is 23.0 Å². The Kier molecular flexibility index (Phi) is 8.77. The fourth-order valence-corrected chi connectivity index (χ4v) is 2.57. The van der Waals surface area contributed by atoms with Gasteiger partial charge in [0.1, 0.15) is 5.75 Å². The Morgan fingerprint density at radius 3 is 2.72 bits per heavy atom. The summed E-state index contributed by atoms with van der Waals surface area (Å²) in [7, 11) is 0. The highest BCUT2D eigenvalue weighted by atomic mass is 35.5. The fraction of sp³-hybridized carbons (Fsp3) is 0.357. The van der Waals surface area contributed by atoms with E-state index in [1.165, 1.54) is 0 Å². The van der Waals surface area contributed by atoms with Crippen molar-refractivity contribution in [3.05, 3.63) is 33.4 Å². The molecule has 1 amide bonds. The Bertz CT molecular complexity index is 711. The molecule has 1 aromatic heterocycles. The summed E-state index contributed by atoms with van der Waals surface area (Å²) in [5.41, 5.74) is 6.24. The van der Waals surface area contributed by atoms with Gasteiger partial charge in [-0.3, -0.25) is 4.79 Å². The van der Waals surface area contributed by atoms with Crippen molar-refractivity contribution >= 4 is 47.3 Å². The maximum atomic E-state index is 11.8. The topological polar surface area (TPSA) is 115 Å². The van der Waals surface area contributed by atoms with E-state index in [0.717, 1.165) is 5.56 Å². The highest BCUT2D eigenvalue weighted by molar-refractivity contribution is 6.35. The maximum absolute atomic E-state index is 11.8. The zero-order valence-electron chi connectivity index (χ0n) is 13.3. The molecule has 0 aliphatic carbocycles. The number of aromatic nitrogens is 2. The molecule has 11 heteroatoms. The monoisotopic (exact) mass is 409 g/mol. The number of nitrogen functional groups attached to an aromatic ring is 1. The summed E-state index contributed by atoms with van der Waals surface area (Å²) < 4.78 is 9.91. The minimum Gasteiger partial charge on any atom is -0.492 e. The van der Waals surface area contributed by atoms with Gasteiger partial charge in [0.15, 0.2) is 0 Å². The quantitative estimate of drug-likeness (QED) is 0.572. The average Bonchev–Trinajstić information content (AvgIpc) is 2.96. The average molecular weight is 411 g/mol. The summed E-state index contributed by atoms with van der Waals surface area (Å²) >= 11 is 12.2. The number of amides is 1. The summed E-state index contributed by atoms with van der Waals surface area (Å²) in [5, 5.41) is 13.6. The third-order valence-corrected chi connectivity index (χ3v) is 3.50. The highest BCUT2D eigenvalue weighted by Gasteiger charge is 2.15. The second-order valence-corrected chi connectivity index (χ2v) is 5.58. The SMILES string of the molecule is CCOc1c(Cl)cc(Cl)cc1CNCCNC(=O)c1nonc1N.Cl. The number of benzene rings is 1. The van der Waals surface area contributed by atoms with E-state index >= 15 is 0 Å². The third kappa shape index (κ3) is 5.93. The predicted molar refractivity (Wildman–Crippen MR) is 97.6 cm³/mol. The van der Waals surface area contributed by atoms with E-state index in [0.29, 0.717) is 42.0 Å². The number of halogens is 3. The molecule has 0 spiro atoms. The van der Waals surface area contributed by atoms with Crippen LogP contribution in [-0.2, 0) is 6.54 Å². The molecular formula is C14H18Cl3N5O3. The lowest BCUT2D eigenvalue weighted by Crippen LogP contribution is -2.32. The van der Waals surface area contributed by atoms with Crippen LogP contribution >= 0.6 is 35.6 Å². The van der Waals surface area contributed by atoms with Gasteiger partial charge in [0.05, 0.1) is 11.6 Å². The van der Waals surface area contributed by atoms with Crippen molar-refractivity contribution in [2.75, 3.05) is 25.4 Å². The molecule has 8 nitrogen and oxygen atoms in total. The van der Waals surface area contributed by atoms with Gasteiger partial charge < -0.3 is 21.1 Å². The molecule has 0 unspecified atom stereocenters. The van der Waals surface area contributed by atoms with Crippen LogP contribution in [0.3, 0.4) is 0 Å². The number of nitrogens with two attached hydrogens (primary N) is 1. The second-order valence-electron chi connectivity index (χ2n) is 4.74. The molecule has 0 fully saturated rings. The number of carbonyl (C=O) groups is 1. The lowest BCUT2D eigenvalue weighted by Gasteiger charge is -2.13. The zero-order valence-corrected chi connectivity index (χ0v) is 15.7. The van der Waals surface area contributed by atoms with Crippen LogP contribution in [0.25, 0.3) is 0 Å². The van der Waals surface area contributed by atoms with E-state index in [9.17, 15) is 4.79 Å². The number of hydrogen-bond acceptors (Lipinski definition) is 7. The molecule has 0 aliphatic rings. The number of ether oxygens (including phenoxy) is 1. The van der Waals surface area contributed by atoms with Crippen molar-refractivity contribution in [2.24, 2.45) is 0 Å². The van der Waals surface area contributed by atoms with E-state index in [4.69, 9.17) is 33.7 Å². The number of anilines is 1. The Morgan fingerprint density at radius 1 is 1.32 bits per heavy atom. The molecule has 138 valence electrons. The second kappa shape index (κ2) is 10.3.